The maximum atomic E-state index is 12.1. The lowest BCUT2D eigenvalue weighted by Gasteiger charge is -2.10. The van der Waals surface area contributed by atoms with E-state index < -0.39 is 11.8 Å². The predicted molar refractivity (Wildman–Crippen MR) is 89.2 cm³/mol. The smallest absolute Gasteiger partial charge is 0.314 e. The number of H-pyrrole nitrogens is 1. The average molecular weight is 308 g/mol. The van der Waals surface area contributed by atoms with Gasteiger partial charge < -0.3 is 10.6 Å². The average Bonchev–Trinajstić information content (AvgIpc) is 3.03. The fourth-order valence-corrected chi connectivity index (χ4v) is 2.33. The van der Waals surface area contributed by atoms with E-state index in [0.717, 1.165) is 22.9 Å². The van der Waals surface area contributed by atoms with Crippen molar-refractivity contribution in [3.8, 4) is 0 Å². The Hall–Kier alpha value is -3.15. The number of anilines is 2. The molecule has 0 unspecified atom stereocenters. The molecule has 2 amide bonds. The Labute approximate surface area is 132 Å². The molecule has 2 aromatic carbocycles. The number of carbonyl (C=O) groups excluding carboxylic acids is 2. The van der Waals surface area contributed by atoms with Gasteiger partial charge >= 0.3 is 11.8 Å². The lowest BCUT2D eigenvalue weighted by molar-refractivity contribution is -0.133. The SMILES string of the molecule is CCc1ccccc1NC(=O)C(=O)Nc1ccc2cn[nH]c2c1. The van der Waals surface area contributed by atoms with Gasteiger partial charge in [-0.1, -0.05) is 25.1 Å². The zero-order chi connectivity index (χ0) is 16.2. The molecule has 0 spiro atoms. The number of aromatic nitrogens is 2. The molecule has 0 saturated heterocycles. The molecular weight excluding hydrogens is 292 g/mol. The topological polar surface area (TPSA) is 86.9 Å². The molecule has 1 aromatic heterocycles. The summed E-state index contributed by atoms with van der Waals surface area (Å²) in [6.07, 6.45) is 2.46. The van der Waals surface area contributed by atoms with Gasteiger partial charge in [-0.25, -0.2) is 0 Å². The third-order valence-electron chi connectivity index (χ3n) is 3.55. The van der Waals surface area contributed by atoms with E-state index in [1.165, 1.54) is 0 Å². The molecule has 0 bridgehead atoms. The molecule has 0 radical (unpaired) electrons. The van der Waals surface area contributed by atoms with Crippen molar-refractivity contribution < 1.29 is 9.59 Å². The third kappa shape index (κ3) is 3.21. The van der Waals surface area contributed by atoms with Crippen molar-refractivity contribution in [3.63, 3.8) is 0 Å². The highest BCUT2D eigenvalue weighted by Gasteiger charge is 2.15. The second kappa shape index (κ2) is 6.31. The zero-order valence-corrected chi connectivity index (χ0v) is 12.6. The third-order valence-corrected chi connectivity index (χ3v) is 3.55. The van der Waals surface area contributed by atoms with Gasteiger partial charge in [0.15, 0.2) is 0 Å². The van der Waals surface area contributed by atoms with Gasteiger partial charge in [0.1, 0.15) is 0 Å². The standard InChI is InChI=1S/C17H16N4O2/c1-2-11-5-3-4-6-14(11)20-17(23)16(22)19-13-8-7-12-10-18-21-15(12)9-13/h3-10H,2H2,1H3,(H,18,21)(H,19,22)(H,20,23). The van der Waals surface area contributed by atoms with Crippen molar-refractivity contribution >= 4 is 34.1 Å². The number of fused-ring (bicyclic) bond motifs is 1. The highest BCUT2D eigenvalue weighted by atomic mass is 16.2. The van der Waals surface area contributed by atoms with Crippen molar-refractivity contribution in [3.05, 3.63) is 54.2 Å². The van der Waals surface area contributed by atoms with E-state index in [9.17, 15) is 9.59 Å². The minimum Gasteiger partial charge on any atom is -0.318 e. The largest absolute Gasteiger partial charge is 0.318 e. The van der Waals surface area contributed by atoms with Crippen LogP contribution in [-0.2, 0) is 16.0 Å². The summed E-state index contributed by atoms with van der Waals surface area (Å²) in [6, 6.07) is 12.7. The normalized spacial score (nSPS) is 10.5. The van der Waals surface area contributed by atoms with Crippen LogP contribution in [0, 0.1) is 0 Å². The highest BCUT2D eigenvalue weighted by molar-refractivity contribution is 6.43. The summed E-state index contributed by atoms with van der Waals surface area (Å²) >= 11 is 0. The number of nitrogens with one attached hydrogen (secondary N) is 3. The molecule has 0 atom stereocenters. The molecule has 0 aliphatic carbocycles. The van der Waals surface area contributed by atoms with Crippen LogP contribution in [0.3, 0.4) is 0 Å². The van der Waals surface area contributed by atoms with Gasteiger partial charge in [-0.15, -0.1) is 0 Å². The molecule has 1 heterocycles. The molecule has 116 valence electrons. The number of carbonyl (C=O) groups is 2. The first-order valence-corrected chi connectivity index (χ1v) is 7.30. The summed E-state index contributed by atoms with van der Waals surface area (Å²) in [7, 11) is 0. The maximum absolute atomic E-state index is 12.1. The van der Waals surface area contributed by atoms with Gasteiger partial charge in [-0.2, -0.15) is 5.10 Å². The predicted octanol–water partition coefficient (Wildman–Crippen LogP) is 2.70. The Kier molecular flexibility index (Phi) is 4.05. The first-order chi connectivity index (χ1) is 11.2. The Bertz CT molecular complexity index is 870. The number of amides is 2. The Morgan fingerprint density at radius 1 is 1.09 bits per heavy atom. The number of para-hydroxylation sites is 1. The van der Waals surface area contributed by atoms with Crippen LogP contribution in [-0.4, -0.2) is 22.0 Å². The van der Waals surface area contributed by atoms with Crippen LogP contribution in [0.2, 0.25) is 0 Å². The molecule has 6 nitrogen and oxygen atoms in total. The van der Waals surface area contributed by atoms with Gasteiger partial charge in [0, 0.05) is 16.8 Å². The summed E-state index contributed by atoms with van der Waals surface area (Å²) in [5.74, 6) is -1.41. The van der Waals surface area contributed by atoms with Crippen LogP contribution in [0.15, 0.2) is 48.7 Å². The molecule has 3 aromatic rings. The molecule has 6 heteroatoms. The number of aryl methyl sites for hydroxylation is 1. The van der Waals surface area contributed by atoms with Crippen LogP contribution in [0.25, 0.3) is 10.9 Å². The Morgan fingerprint density at radius 2 is 1.87 bits per heavy atom. The van der Waals surface area contributed by atoms with E-state index in [4.69, 9.17) is 0 Å². The number of rotatable bonds is 3. The quantitative estimate of drug-likeness (QED) is 0.650. The first kappa shape index (κ1) is 14.8. The van der Waals surface area contributed by atoms with Gasteiger partial charge in [-0.05, 0) is 36.2 Å². The van der Waals surface area contributed by atoms with Crippen LogP contribution >= 0.6 is 0 Å². The summed E-state index contributed by atoms with van der Waals surface area (Å²) in [5.41, 5.74) is 2.96. The van der Waals surface area contributed by atoms with E-state index in [1.54, 1.807) is 24.4 Å². The van der Waals surface area contributed by atoms with Gasteiger partial charge in [-0.3, -0.25) is 14.7 Å². The van der Waals surface area contributed by atoms with Crippen LogP contribution in [0.1, 0.15) is 12.5 Å². The monoisotopic (exact) mass is 308 g/mol. The Balaban J connectivity index is 1.71. The summed E-state index contributed by atoms with van der Waals surface area (Å²) in [5, 5.41) is 12.9. The molecule has 0 saturated carbocycles. The molecule has 23 heavy (non-hydrogen) atoms. The van der Waals surface area contributed by atoms with E-state index in [0.29, 0.717) is 11.4 Å². The maximum Gasteiger partial charge on any atom is 0.314 e. The number of aromatic amines is 1. The van der Waals surface area contributed by atoms with Crippen LogP contribution in [0.4, 0.5) is 11.4 Å². The summed E-state index contributed by atoms with van der Waals surface area (Å²) in [6.45, 7) is 1.99. The van der Waals surface area contributed by atoms with Crippen molar-refractivity contribution in [1.82, 2.24) is 10.2 Å². The lowest BCUT2D eigenvalue weighted by Crippen LogP contribution is -2.29. The van der Waals surface area contributed by atoms with Crippen molar-refractivity contribution in [2.24, 2.45) is 0 Å². The minimum atomic E-state index is -0.713. The molecule has 0 fully saturated rings. The number of hydrogen-bond donors (Lipinski definition) is 3. The molecule has 3 N–H and O–H groups in total. The highest BCUT2D eigenvalue weighted by Crippen LogP contribution is 2.17. The first-order valence-electron chi connectivity index (χ1n) is 7.30. The van der Waals surface area contributed by atoms with E-state index in [1.807, 2.05) is 31.2 Å². The minimum absolute atomic E-state index is 0.533. The fourth-order valence-electron chi connectivity index (χ4n) is 2.33. The Morgan fingerprint density at radius 3 is 2.70 bits per heavy atom. The van der Waals surface area contributed by atoms with Gasteiger partial charge in [0.2, 0.25) is 0 Å². The summed E-state index contributed by atoms with van der Waals surface area (Å²) < 4.78 is 0. The number of hydrogen-bond acceptors (Lipinski definition) is 3. The van der Waals surface area contributed by atoms with Gasteiger partial charge in [0.05, 0.1) is 11.7 Å². The van der Waals surface area contributed by atoms with E-state index in [-0.39, 0.29) is 0 Å². The second-order valence-corrected chi connectivity index (χ2v) is 5.09. The van der Waals surface area contributed by atoms with E-state index >= 15 is 0 Å². The molecule has 3 rings (SSSR count). The summed E-state index contributed by atoms with van der Waals surface area (Å²) in [4.78, 5) is 24.1. The second-order valence-electron chi connectivity index (χ2n) is 5.09. The van der Waals surface area contributed by atoms with Crippen LogP contribution in [0.5, 0.6) is 0 Å². The van der Waals surface area contributed by atoms with Crippen LogP contribution < -0.4 is 10.6 Å². The fraction of sp³-hybridized carbons (Fsp3) is 0.118. The molecule has 0 aliphatic heterocycles. The molecule has 0 aliphatic rings. The molecular formula is C17H16N4O2. The van der Waals surface area contributed by atoms with Crippen molar-refractivity contribution in [1.29, 1.82) is 0 Å². The zero-order valence-electron chi connectivity index (χ0n) is 12.6. The van der Waals surface area contributed by atoms with Crippen molar-refractivity contribution in [2.75, 3.05) is 10.6 Å². The number of nitrogens with zero attached hydrogens (tertiary/aromatic N) is 1. The lowest BCUT2D eigenvalue weighted by atomic mass is 10.1. The van der Waals surface area contributed by atoms with Crippen molar-refractivity contribution in [2.45, 2.75) is 13.3 Å². The number of benzene rings is 2. The van der Waals surface area contributed by atoms with Gasteiger partial charge in [0.25, 0.3) is 0 Å². The van der Waals surface area contributed by atoms with E-state index in [2.05, 4.69) is 20.8 Å².